The second-order valence-electron chi connectivity index (χ2n) is 5.98. The van der Waals surface area contributed by atoms with E-state index in [0.717, 1.165) is 26.2 Å². The number of amides is 2. The van der Waals surface area contributed by atoms with Crippen molar-refractivity contribution in [2.24, 2.45) is 0 Å². The molecular formula is C18H27N3O2S. The molecule has 1 N–H and O–H groups in total. The highest BCUT2D eigenvalue weighted by Crippen LogP contribution is 2.16. The van der Waals surface area contributed by atoms with E-state index in [4.69, 9.17) is 0 Å². The molecule has 132 valence electrons. The largest absolute Gasteiger partial charge is 0.368 e. The summed E-state index contributed by atoms with van der Waals surface area (Å²) in [7, 11) is 0. The molecule has 0 aromatic heterocycles. The zero-order valence-electron chi connectivity index (χ0n) is 14.5. The fourth-order valence-corrected chi connectivity index (χ4v) is 3.01. The molecule has 0 aliphatic carbocycles. The maximum atomic E-state index is 12.3. The summed E-state index contributed by atoms with van der Waals surface area (Å²) in [5, 5.41) is 2.85. The smallest absolute Gasteiger partial charge is 0.232 e. The van der Waals surface area contributed by atoms with Crippen LogP contribution >= 0.6 is 11.8 Å². The van der Waals surface area contributed by atoms with Crippen LogP contribution in [0.25, 0.3) is 0 Å². The van der Waals surface area contributed by atoms with Gasteiger partial charge in [0.05, 0.1) is 5.25 Å². The van der Waals surface area contributed by atoms with Crippen molar-refractivity contribution in [2.45, 2.75) is 25.0 Å². The maximum Gasteiger partial charge on any atom is 0.232 e. The summed E-state index contributed by atoms with van der Waals surface area (Å²) >= 11 is 1.53. The van der Waals surface area contributed by atoms with Crippen LogP contribution in [0, 0.1) is 0 Å². The number of nitrogens with one attached hydrogen (secondary N) is 1. The lowest BCUT2D eigenvalue weighted by molar-refractivity contribution is -0.131. The molecule has 6 heteroatoms. The Kier molecular flexibility index (Phi) is 7.43. The molecule has 1 heterocycles. The average molecular weight is 350 g/mol. The molecule has 1 aliphatic heterocycles. The molecule has 0 bridgehead atoms. The van der Waals surface area contributed by atoms with Gasteiger partial charge in [0.25, 0.3) is 0 Å². The Bertz CT molecular complexity index is 530. The highest BCUT2D eigenvalue weighted by Gasteiger charge is 2.20. The van der Waals surface area contributed by atoms with Crippen LogP contribution < -0.4 is 10.2 Å². The number of anilines is 1. The lowest BCUT2D eigenvalue weighted by Crippen LogP contribution is -2.48. The Hall–Kier alpha value is -1.69. The second-order valence-corrected chi connectivity index (χ2v) is 7.15. The van der Waals surface area contributed by atoms with Crippen molar-refractivity contribution in [1.82, 2.24) is 10.2 Å². The van der Waals surface area contributed by atoms with Gasteiger partial charge in [0.15, 0.2) is 0 Å². The van der Waals surface area contributed by atoms with E-state index < -0.39 is 0 Å². The fraction of sp³-hybridized carbons (Fsp3) is 0.556. The first-order valence-corrected chi connectivity index (χ1v) is 9.79. The number of benzene rings is 1. The molecule has 1 saturated heterocycles. The van der Waals surface area contributed by atoms with Crippen molar-refractivity contribution < 1.29 is 9.59 Å². The molecule has 24 heavy (non-hydrogen) atoms. The zero-order chi connectivity index (χ0) is 17.4. The van der Waals surface area contributed by atoms with Gasteiger partial charge >= 0.3 is 0 Å². The van der Waals surface area contributed by atoms with Gasteiger partial charge in [-0.15, -0.1) is 0 Å². The minimum absolute atomic E-state index is 0.0354. The number of piperazine rings is 1. The van der Waals surface area contributed by atoms with Crippen LogP contribution in [-0.2, 0) is 9.59 Å². The first-order chi connectivity index (χ1) is 11.6. The second kappa shape index (κ2) is 9.57. The molecule has 2 rings (SSSR count). The monoisotopic (exact) mass is 349 g/mol. The fourth-order valence-electron chi connectivity index (χ4n) is 2.71. The quantitative estimate of drug-likeness (QED) is 0.765. The molecule has 1 fully saturated rings. The average Bonchev–Trinajstić information content (AvgIpc) is 2.65. The lowest BCUT2D eigenvalue weighted by atomic mass is 10.2. The third-order valence-corrected chi connectivity index (χ3v) is 5.26. The Morgan fingerprint density at radius 3 is 2.46 bits per heavy atom. The maximum absolute atomic E-state index is 12.3. The normalized spacial score (nSPS) is 15.9. The van der Waals surface area contributed by atoms with Crippen LogP contribution in [0.4, 0.5) is 5.69 Å². The van der Waals surface area contributed by atoms with Crippen molar-refractivity contribution in [3.05, 3.63) is 30.3 Å². The topological polar surface area (TPSA) is 52.7 Å². The van der Waals surface area contributed by atoms with E-state index in [-0.39, 0.29) is 17.1 Å². The Balaban J connectivity index is 1.65. The summed E-state index contributed by atoms with van der Waals surface area (Å²) in [5.41, 5.74) is 1.22. The number of hydrogen-bond acceptors (Lipinski definition) is 4. The number of hydrogen-bond donors (Lipinski definition) is 1. The van der Waals surface area contributed by atoms with Gasteiger partial charge in [-0.3, -0.25) is 9.59 Å². The van der Waals surface area contributed by atoms with Crippen LogP contribution in [0.15, 0.2) is 30.3 Å². The van der Waals surface area contributed by atoms with Gasteiger partial charge in [-0.1, -0.05) is 18.2 Å². The van der Waals surface area contributed by atoms with Crippen LogP contribution in [0.5, 0.6) is 0 Å². The highest BCUT2D eigenvalue weighted by molar-refractivity contribution is 7.99. The zero-order valence-corrected chi connectivity index (χ0v) is 15.3. The summed E-state index contributed by atoms with van der Waals surface area (Å²) in [6.07, 6.45) is 3.12. The number of rotatable bonds is 7. The lowest BCUT2D eigenvalue weighted by Gasteiger charge is -2.36. The van der Waals surface area contributed by atoms with E-state index in [0.29, 0.717) is 19.4 Å². The summed E-state index contributed by atoms with van der Waals surface area (Å²) in [4.78, 5) is 28.2. The van der Waals surface area contributed by atoms with Crippen LogP contribution in [0.3, 0.4) is 0 Å². The van der Waals surface area contributed by atoms with E-state index in [1.807, 2.05) is 36.3 Å². The summed E-state index contributed by atoms with van der Waals surface area (Å²) in [6, 6.07) is 10.3. The summed E-state index contributed by atoms with van der Waals surface area (Å²) in [5.74, 6) is 0.237. The van der Waals surface area contributed by atoms with E-state index in [1.165, 1.54) is 17.4 Å². The first-order valence-electron chi connectivity index (χ1n) is 8.50. The van der Waals surface area contributed by atoms with Gasteiger partial charge in [-0.05, 0) is 31.7 Å². The van der Waals surface area contributed by atoms with E-state index in [2.05, 4.69) is 22.3 Å². The third-order valence-electron chi connectivity index (χ3n) is 4.34. The number of thioether (sulfide) groups is 1. The van der Waals surface area contributed by atoms with Gasteiger partial charge in [0.1, 0.15) is 0 Å². The van der Waals surface area contributed by atoms with Crippen molar-refractivity contribution in [3.63, 3.8) is 0 Å². The molecule has 0 unspecified atom stereocenters. The molecule has 0 saturated carbocycles. The molecule has 0 radical (unpaired) electrons. The Labute approximate surface area is 148 Å². The molecule has 0 spiro atoms. The molecule has 1 aromatic carbocycles. The Morgan fingerprint density at radius 1 is 1.17 bits per heavy atom. The highest BCUT2D eigenvalue weighted by atomic mass is 32.2. The number of nitrogens with zero attached hydrogens (tertiary/aromatic N) is 2. The molecule has 2 amide bonds. The van der Waals surface area contributed by atoms with Gasteiger partial charge in [-0.25, -0.2) is 0 Å². The molecular weight excluding hydrogens is 322 g/mol. The van der Waals surface area contributed by atoms with Gasteiger partial charge in [-0.2, -0.15) is 11.8 Å². The molecule has 5 nitrogen and oxygen atoms in total. The predicted molar refractivity (Wildman–Crippen MR) is 100 cm³/mol. The van der Waals surface area contributed by atoms with Crippen molar-refractivity contribution in [3.8, 4) is 0 Å². The number of carbonyl (C=O) groups excluding carboxylic acids is 2. The van der Waals surface area contributed by atoms with Gasteiger partial charge in [0.2, 0.25) is 11.8 Å². The van der Waals surface area contributed by atoms with Crippen LogP contribution in [0.1, 0.15) is 19.8 Å². The number of para-hydroxylation sites is 1. The van der Waals surface area contributed by atoms with Crippen LogP contribution in [-0.4, -0.2) is 60.9 Å². The van der Waals surface area contributed by atoms with Gasteiger partial charge < -0.3 is 15.1 Å². The van der Waals surface area contributed by atoms with E-state index in [9.17, 15) is 9.59 Å². The van der Waals surface area contributed by atoms with Crippen molar-refractivity contribution in [2.75, 3.05) is 43.9 Å². The predicted octanol–water partition coefficient (Wildman–Crippen LogP) is 1.98. The molecule has 1 atom stereocenters. The van der Waals surface area contributed by atoms with E-state index >= 15 is 0 Å². The minimum atomic E-state index is -0.0354. The van der Waals surface area contributed by atoms with E-state index in [1.54, 1.807) is 0 Å². The van der Waals surface area contributed by atoms with Crippen LogP contribution in [0.2, 0.25) is 0 Å². The summed E-state index contributed by atoms with van der Waals surface area (Å²) < 4.78 is 0. The standard InChI is InChI=1S/C18H27N3O2S/c1-15(24-2)18(23)19-10-6-9-17(22)21-13-11-20(12-14-21)16-7-4-3-5-8-16/h3-5,7-8,15H,6,9-14H2,1-2H3,(H,19,23)/t15-/m1/s1. The summed E-state index contributed by atoms with van der Waals surface area (Å²) in [6.45, 7) is 5.74. The third kappa shape index (κ3) is 5.44. The first kappa shape index (κ1) is 18.6. The number of carbonyl (C=O) groups is 2. The Morgan fingerprint density at radius 2 is 1.83 bits per heavy atom. The SMILES string of the molecule is CS[C@H](C)C(=O)NCCCC(=O)N1CCN(c2ccccc2)CC1. The van der Waals surface area contributed by atoms with Gasteiger partial charge in [0, 0.05) is 44.8 Å². The molecule has 1 aromatic rings. The van der Waals surface area contributed by atoms with Crippen molar-refractivity contribution in [1.29, 1.82) is 0 Å². The van der Waals surface area contributed by atoms with Crippen molar-refractivity contribution >= 4 is 29.3 Å². The minimum Gasteiger partial charge on any atom is -0.368 e. The molecule has 1 aliphatic rings.